The second kappa shape index (κ2) is 6.92. The number of benzene rings is 1. The van der Waals surface area contributed by atoms with Crippen molar-refractivity contribution < 1.29 is 0 Å². The van der Waals surface area contributed by atoms with Crippen LogP contribution in [0.15, 0.2) is 54.9 Å². The van der Waals surface area contributed by atoms with Crippen molar-refractivity contribution in [2.45, 2.75) is 25.2 Å². The Hall–Kier alpha value is -1.67. The van der Waals surface area contributed by atoms with Gasteiger partial charge in [-0.3, -0.25) is 4.98 Å². The van der Waals surface area contributed by atoms with E-state index in [-0.39, 0.29) is 0 Å². The van der Waals surface area contributed by atoms with Crippen LogP contribution in [0.1, 0.15) is 36.3 Å². The molecule has 1 heterocycles. The molecule has 94 valence electrons. The van der Waals surface area contributed by atoms with Crippen molar-refractivity contribution in [3.05, 3.63) is 66.0 Å². The quantitative estimate of drug-likeness (QED) is 0.786. The van der Waals surface area contributed by atoms with Gasteiger partial charge in [0.05, 0.1) is 0 Å². The number of rotatable bonds is 6. The molecule has 0 saturated carbocycles. The predicted octanol–water partition coefficient (Wildman–Crippen LogP) is 3.34. The van der Waals surface area contributed by atoms with Gasteiger partial charge in [0, 0.05) is 18.3 Å². The first kappa shape index (κ1) is 12.8. The smallest absolute Gasteiger partial charge is 0.0270 e. The van der Waals surface area contributed by atoms with Crippen LogP contribution in [0.25, 0.3) is 0 Å². The van der Waals surface area contributed by atoms with Crippen molar-refractivity contribution in [1.29, 1.82) is 0 Å². The minimum atomic E-state index is 0.459. The van der Waals surface area contributed by atoms with Crippen molar-refractivity contribution in [2.75, 3.05) is 6.54 Å². The minimum Gasteiger partial charge on any atom is -0.330 e. The summed E-state index contributed by atoms with van der Waals surface area (Å²) >= 11 is 0. The largest absolute Gasteiger partial charge is 0.330 e. The maximum atomic E-state index is 5.58. The monoisotopic (exact) mass is 240 g/mol. The van der Waals surface area contributed by atoms with Gasteiger partial charge in [0.1, 0.15) is 0 Å². The summed E-state index contributed by atoms with van der Waals surface area (Å²) in [6.45, 7) is 0.776. The number of pyridine rings is 1. The first-order valence-electron chi connectivity index (χ1n) is 6.56. The van der Waals surface area contributed by atoms with E-state index in [0.29, 0.717) is 5.92 Å². The molecular weight excluding hydrogens is 220 g/mol. The molecule has 1 unspecified atom stereocenters. The lowest BCUT2D eigenvalue weighted by Gasteiger charge is -2.17. The summed E-state index contributed by atoms with van der Waals surface area (Å²) in [5.74, 6) is 0.459. The van der Waals surface area contributed by atoms with Gasteiger partial charge in [-0.25, -0.2) is 0 Å². The number of unbranched alkanes of at least 4 members (excludes halogenated alkanes) is 1. The molecule has 1 atom stereocenters. The van der Waals surface area contributed by atoms with Crippen LogP contribution in [-0.2, 0) is 0 Å². The molecule has 2 N–H and O–H groups in total. The Morgan fingerprint density at radius 3 is 2.22 bits per heavy atom. The lowest BCUT2D eigenvalue weighted by Crippen LogP contribution is -2.04. The lowest BCUT2D eigenvalue weighted by molar-refractivity contribution is 0.631. The van der Waals surface area contributed by atoms with E-state index in [1.807, 2.05) is 12.4 Å². The van der Waals surface area contributed by atoms with Crippen LogP contribution in [0, 0.1) is 0 Å². The second-order valence-corrected chi connectivity index (χ2v) is 4.53. The van der Waals surface area contributed by atoms with Gasteiger partial charge in [0.2, 0.25) is 0 Å². The van der Waals surface area contributed by atoms with E-state index in [9.17, 15) is 0 Å². The van der Waals surface area contributed by atoms with Gasteiger partial charge in [-0.15, -0.1) is 0 Å². The highest BCUT2D eigenvalue weighted by Crippen LogP contribution is 2.29. The van der Waals surface area contributed by atoms with Crippen molar-refractivity contribution in [3.8, 4) is 0 Å². The summed E-state index contributed by atoms with van der Waals surface area (Å²) in [6.07, 6.45) is 7.14. The Labute approximate surface area is 109 Å². The summed E-state index contributed by atoms with van der Waals surface area (Å²) < 4.78 is 0. The van der Waals surface area contributed by atoms with Gasteiger partial charge < -0.3 is 5.73 Å². The van der Waals surface area contributed by atoms with Crippen LogP contribution in [0.2, 0.25) is 0 Å². The average molecular weight is 240 g/mol. The molecule has 2 aromatic rings. The molecule has 0 aliphatic heterocycles. The van der Waals surface area contributed by atoms with Gasteiger partial charge in [0.25, 0.3) is 0 Å². The molecule has 0 saturated heterocycles. The van der Waals surface area contributed by atoms with Crippen molar-refractivity contribution in [2.24, 2.45) is 5.73 Å². The SMILES string of the molecule is NCCCCC(c1ccccc1)c1ccncc1. The van der Waals surface area contributed by atoms with Gasteiger partial charge in [-0.05, 0) is 42.6 Å². The molecule has 1 aromatic carbocycles. The van der Waals surface area contributed by atoms with E-state index >= 15 is 0 Å². The Kier molecular flexibility index (Phi) is 4.91. The van der Waals surface area contributed by atoms with Crippen LogP contribution < -0.4 is 5.73 Å². The molecule has 0 bridgehead atoms. The zero-order valence-electron chi connectivity index (χ0n) is 10.6. The van der Waals surface area contributed by atoms with Crippen LogP contribution in [-0.4, -0.2) is 11.5 Å². The molecule has 2 rings (SSSR count). The Morgan fingerprint density at radius 2 is 1.56 bits per heavy atom. The molecule has 0 amide bonds. The summed E-state index contributed by atoms with van der Waals surface area (Å²) in [6, 6.07) is 14.9. The predicted molar refractivity (Wildman–Crippen MR) is 75.4 cm³/mol. The molecule has 0 fully saturated rings. The van der Waals surface area contributed by atoms with Crippen LogP contribution in [0.3, 0.4) is 0 Å². The highest BCUT2D eigenvalue weighted by Gasteiger charge is 2.12. The zero-order chi connectivity index (χ0) is 12.6. The highest BCUT2D eigenvalue weighted by atomic mass is 14.6. The van der Waals surface area contributed by atoms with E-state index in [0.717, 1.165) is 19.4 Å². The molecule has 0 aliphatic carbocycles. The van der Waals surface area contributed by atoms with Gasteiger partial charge >= 0.3 is 0 Å². The Morgan fingerprint density at radius 1 is 0.889 bits per heavy atom. The van der Waals surface area contributed by atoms with E-state index in [2.05, 4.69) is 47.4 Å². The molecular formula is C16H20N2. The van der Waals surface area contributed by atoms with E-state index in [1.165, 1.54) is 17.5 Å². The molecule has 2 nitrogen and oxygen atoms in total. The fraction of sp³-hybridized carbons (Fsp3) is 0.312. The Bertz CT molecular complexity index is 400. The third kappa shape index (κ3) is 3.41. The lowest BCUT2D eigenvalue weighted by atomic mass is 9.87. The van der Waals surface area contributed by atoms with Gasteiger partial charge in [-0.1, -0.05) is 36.8 Å². The first-order chi connectivity index (χ1) is 8.92. The van der Waals surface area contributed by atoms with Gasteiger partial charge in [0.15, 0.2) is 0 Å². The van der Waals surface area contributed by atoms with E-state index < -0.39 is 0 Å². The van der Waals surface area contributed by atoms with Crippen molar-refractivity contribution >= 4 is 0 Å². The number of hydrogen-bond donors (Lipinski definition) is 1. The molecule has 0 spiro atoms. The number of nitrogens with zero attached hydrogens (tertiary/aromatic N) is 1. The number of hydrogen-bond acceptors (Lipinski definition) is 2. The fourth-order valence-electron chi connectivity index (χ4n) is 2.30. The molecule has 2 heteroatoms. The normalized spacial score (nSPS) is 12.3. The summed E-state index contributed by atoms with van der Waals surface area (Å²) in [5.41, 5.74) is 8.30. The van der Waals surface area contributed by atoms with E-state index in [4.69, 9.17) is 5.73 Å². The summed E-state index contributed by atoms with van der Waals surface area (Å²) in [7, 11) is 0. The third-order valence-electron chi connectivity index (χ3n) is 3.26. The molecule has 1 aromatic heterocycles. The summed E-state index contributed by atoms with van der Waals surface area (Å²) in [5, 5.41) is 0. The molecule has 18 heavy (non-hydrogen) atoms. The van der Waals surface area contributed by atoms with Gasteiger partial charge in [-0.2, -0.15) is 0 Å². The first-order valence-corrected chi connectivity index (χ1v) is 6.56. The average Bonchev–Trinajstić information content (AvgIpc) is 2.46. The van der Waals surface area contributed by atoms with Crippen molar-refractivity contribution in [3.63, 3.8) is 0 Å². The fourth-order valence-corrected chi connectivity index (χ4v) is 2.30. The van der Waals surface area contributed by atoms with Crippen LogP contribution >= 0.6 is 0 Å². The molecule has 0 radical (unpaired) electrons. The number of nitrogens with two attached hydrogens (primary N) is 1. The number of aromatic nitrogens is 1. The third-order valence-corrected chi connectivity index (χ3v) is 3.26. The zero-order valence-corrected chi connectivity index (χ0v) is 10.6. The van der Waals surface area contributed by atoms with Crippen LogP contribution in [0.4, 0.5) is 0 Å². The second-order valence-electron chi connectivity index (χ2n) is 4.53. The minimum absolute atomic E-state index is 0.459. The maximum absolute atomic E-state index is 5.58. The topological polar surface area (TPSA) is 38.9 Å². The maximum Gasteiger partial charge on any atom is 0.0270 e. The van der Waals surface area contributed by atoms with Crippen molar-refractivity contribution in [1.82, 2.24) is 4.98 Å². The highest BCUT2D eigenvalue weighted by molar-refractivity contribution is 5.30. The standard InChI is InChI=1S/C16H20N2/c17-11-5-4-8-16(14-6-2-1-3-7-14)15-9-12-18-13-10-15/h1-3,6-7,9-10,12-13,16H,4-5,8,11,17H2. The molecule has 0 aliphatic rings. The summed E-state index contributed by atoms with van der Waals surface area (Å²) in [4.78, 5) is 4.10. The Balaban J connectivity index is 2.18. The van der Waals surface area contributed by atoms with E-state index in [1.54, 1.807) is 0 Å². The van der Waals surface area contributed by atoms with Crippen LogP contribution in [0.5, 0.6) is 0 Å².